The Morgan fingerprint density at radius 3 is 1.50 bits per heavy atom. The number of nitrogens with zero attached hydrogens (tertiary/aromatic N) is 2. The fourth-order valence-electron chi connectivity index (χ4n) is 13.4. The Morgan fingerprint density at radius 1 is 0.460 bits per heavy atom. The maximum absolute atomic E-state index is 15.0. The lowest BCUT2D eigenvalue weighted by molar-refractivity contribution is -0.144. The Morgan fingerprint density at radius 2 is 0.929 bits per heavy atom. The van der Waals surface area contributed by atoms with Gasteiger partial charge in [-0.15, -0.1) is 0 Å². The van der Waals surface area contributed by atoms with Crippen LogP contribution in [0.4, 0.5) is 0 Å². The molecule has 2 aromatic heterocycles. The summed E-state index contributed by atoms with van der Waals surface area (Å²) in [6, 6.07) is 8.61. The van der Waals surface area contributed by atoms with E-state index in [1.807, 2.05) is 31.2 Å². The molecule has 12 amide bonds. The maximum Gasteiger partial charge on any atom is 0.265 e. The van der Waals surface area contributed by atoms with E-state index >= 15 is 0 Å². The second kappa shape index (κ2) is 56.0. The number of carbonyl (C=O) groups is 12. The van der Waals surface area contributed by atoms with Gasteiger partial charge in [-0.1, -0.05) is 211 Å². The summed E-state index contributed by atoms with van der Waals surface area (Å²) in [5.74, 6) is -6.99. The molecule has 1 fully saturated rings. The largest absolute Gasteiger partial charge is 0.368 e. The third-order valence-electron chi connectivity index (χ3n) is 20.0. The molecular formula is C83H133N17O13. The average molecular weight is 1580 g/mol. The van der Waals surface area contributed by atoms with Crippen LogP contribution in [0, 0.1) is 0 Å². The van der Waals surface area contributed by atoms with Gasteiger partial charge in [0.05, 0.1) is 12.9 Å². The van der Waals surface area contributed by atoms with E-state index in [2.05, 4.69) is 92.7 Å². The molecule has 30 nitrogen and oxygen atoms in total. The Labute approximate surface area is 668 Å². The van der Waals surface area contributed by atoms with Gasteiger partial charge in [0.1, 0.15) is 36.3 Å². The molecule has 30 heteroatoms. The average Bonchev–Trinajstić information content (AvgIpc) is 1.70. The van der Waals surface area contributed by atoms with Crippen molar-refractivity contribution in [3.05, 3.63) is 90.1 Å². The number of aromatic amines is 2. The number of hydrazine groups is 1. The molecule has 0 saturated carbocycles. The highest BCUT2D eigenvalue weighted by Crippen LogP contribution is 2.21. The van der Waals surface area contributed by atoms with E-state index in [1.165, 1.54) is 134 Å². The first kappa shape index (κ1) is 94.3. The first-order valence-electron chi connectivity index (χ1n) is 41.9. The van der Waals surface area contributed by atoms with Gasteiger partial charge in [-0.3, -0.25) is 57.5 Å². The van der Waals surface area contributed by atoms with Crippen molar-refractivity contribution in [3.63, 3.8) is 0 Å². The van der Waals surface area contributed by atoms with Crippen molar-refractivity contribution in [1.82, 2.24) is 83.9 Å². The van der Waals surface area contributed by atoms with Crippen LogP contribution in [0.25, 0.3) is 10.9 Å². The number of hydrogen-bond donors (Lipinski definition) is 15. The van der Waals surface area contributed by atoms with Gasteiger partial charge >= 0.3 is 0 Å². The number of benzene rings is 2. The minimum absolute atomic E-state index is 0.0184. The van der Waals surface area contributed by atoms with E-state index in [-0.39, 0.29) is 70.0 Å². The zero-order valence-corrected chi connectivity index (χ0v) is 67.8. The van der Waals surface area contributed by atoms with Gasteiger partial charge in [-0.2, -0.15) is 5.01 Å². The quantitative estimate of drug-likeness (QED) is 0.0198. The second-order valence-corrected chi connectivity index (χ2v) is 29.8. The molecule has 0 aliphatic carbocycles. The van der Waals surface area contributed by atoms with Crippen molar-refractivity contribution in [1.29, 1.82) is 0 Å². The molecule has 0 spiro atoms. The minimum atomic E-state index is -1.45. The van der Waals surface area contributed by atoms with Crippen LogP contribution in [0.3, 0.4) is 0 Å². The number of fused-ring (bicyclic) bond motifs is 1. The number of rotatable bonds is 62. The van der Waals surface area contributed by atoms with Crippen LogP contribution in [-0.2, 0) is 81.5 Å². The monoisotopic (exact) mass is 1580 g/mol. The van der Waals surface area contributed by atoms with Crippen molar-refractivity contribution >= 4 is 81.8 Å². The molecule has 1 aliphatic heterocycles. The number of amides is 12. The van der Waals surface area contributed by atoms with E-state index < -0.39 is 114 Å². The maximum atomic E-state index is 15.0. The zero-order valence-electron chi connectivity index (χ0n) is 67.8. The van der Waals surface area contributed by atoms with Crippen molar-refractivity contribution in [2.45, 2.75) is 308 Å². The topological polar surface area (TPSA) is 432 Å². The summed E-state index contributed by atoms with van der Waals surface area (Å²) in [6.07, 6.45) is 31.1. The van der Waals surface area contributed by atoms with Gasteiger partial charge in [0.2, 0.25) is 71.5 Å². The fourth-order valence-corrected chi connectivity index (χ4v) is 13.4. The van der Waals surface area contributed by atoms with E-state index in [9.17, 15) is 57.5 Å². The molecule has 8 atom stereocenters. The summed E-state index contributed by atoms with van der Waals surface area (Å²) in [5, 5.41) is 32.6. The highest BCUT2D eigenvalue weighted by Gasteiger charge is 2.42. The number of H-pyrrole nitrogens is 2. The Bertz CT molecular complexity index is 3490. The second-order valence-electron chi connectivity index (χ2n) is 29.8. The number of hydrogen-bond acceptors (Lipinski definition) is 16. The van der Waals surface area contributed by atoms with Gasteiger partial charge in [0.15, 0.2) is 0 Å². The molecule has 5 rings (SSSR count). The van der Waals surface area contributed by atoms with Gasteiger partial charge < -0.3 is 78.9 Å². The molecule has 2 unspecified atom stereocenters. The lowest BCUT2D eigenvalue weighted by Crippen LogP contribution is -2.60. The molecule has 4 aromatic rings. The summed E-state index contributed by atoms with van der Waals surface area (Å²) in [6.45, 7) is 9.62. The number of primary amides is 1. The number of unbranched alkanes of at least 4 members (excludes halogenated alkanes) is 22. The van der Waals surface area contributed by atoms with Crippen LogP contribution in [-0.4, -0.2) is 179 Å². The summed E-state index contributed by atoms with van der Waals surface area (Å²) in [7, 11) is 0. The van der Waals surface area contributed by atoms with Crippen LogP contribution in [0.15, 0.2) is 73.3 Å². The third-order valence-corrected chi connectivity index (χ3v) is 20.0. The molecule has 1 saturated heterocycles. The normalized spacial score (nSPS) is 14.9. The number of ether oxygens (including phenoxy) is 1. The van der Waals surface area contributed by atoms with Crippen molar-refractivity contribution in [2.75, 3.05) is 39.3 Å². The minimum Gasteiger partial charge on any atom is -0.368 e. The summed E-state index contributed by atoms with van der Waals surface area (Å²) in [5.41, 5.74) is 11.4. The van der Waals surface area contributed by atoms with Crippen LogP contribution in [0.1, 0.15) is 257 Å². The molecule has 0 radical (unpaired) electrons. The number of aromatic nitrogens is 3. The van der Waals surface area contributed by atoms with Gasteiger partial charge in [0, 0.05) is 101 Å². The molecule has 628 valence electrons. The summed E-state index contributed by atoms with van der Waals surface area (Å²) < 4.78 is 5.98. The molecule has 1 aliphatic rings. The van der Waals surface area contributed by atoms with E-state index in [0.717, 1.165) is 55.8 Å². The summed E-state index contributed by atoms with van der Waals surface area (Å²) >= 11 is 0. The zero-order chi connectivity index (χ0) is 81.8. The van der Waals surface area contributed by atoms with Crippen molar-refractivity contribution in [3.8, 4) is 0 Å². The molecule has 2 aromatic carbocycles. The Hall–Kier alpha value is -9.29. The highest BCUT2D eigenvalue weighted by molar-refractivity contribution is 5.97. The lowest BCUT2D eigenvalue weighted by Gasteiger charge is -2.27. The van der Waals surface area contributed by atoms with Crippen LogP contribution < -0.4 is 69.6 Å². The number of nitrogens with one attached hydrogen (secondary N) is 14. The van der Waals surface area contributed by atoms with E-state index in [1.54, 1.807) is 36.5 Å². The van der Waals surface area contributed by atoms with E-state index in [0.29, 0.717) is 68.4 Å². The van der Waals surface area contributed by atoms with Crippen LogP contribution >= 0.6 is 0 Å². The fraction of sp³-hybridized carbons (Fsp3) is 0.651. The number of nitrogens with two attached hydrogens (primary N) is 1. The number of para-hydroxylation sites is 1. The first-order valence-corrected chi connectivity index (χ1v) is 41.9. The molecule has 0 bridgehead atoms. The SMILES string of the molecule is CCCCCCCCCCCCCC(=O)NCCCNC(=O)C1NN(CC(=O)NCCCC[C@H](NC(=O)[C@@H](Cc2ccccc2)NC(=O)[C@H](Cc2cnc[nH]2)NC(=O)[C@H](C)NC(=O)[C@H](CCCC)NC(C)=O)C(=O)N[C@@H](Cc2c[nH]c3ccccc23)C(N)=O)C(C(=O)NCCCNC(=O)CCCCCCCCCCCCC)O1. The Balaban J connectivity index is 1.24. The van der Waals surface area contributed by atoms with Crippen molar-refractivity contribution in [2.24, 2.45) is 5.73 Å². The smallest absolute Gasteiger partial charge is 0.265 e. The predicted octanol–water partition coefficient (Wildman–Crippen LogP) is 6.97. The highest BCUT2D eigenvalue weighted by atomic mass is 16.6. The van der Waals surface area contributed by atoms with Gasteiger partial charge in [0.25, 0.3) is 11.8 Å². The molecule has 3 heterocycles. The van der Waals surface area contributed by atoms with Crippen molar-refractivity contribution < 1.29 is 62.3 Å². The van der Waals surface area contributed by atoms with Crippen LogP contribution in [0.2, 0.25) is 0 Å². The Kier molecular flexibility index (Phi) is 46.8. The predicted molar refractivity (Wildman–Crippen MR) is 435 cm³/mol. The van der Waals surface area contributed by atoms with Gasteiger partial charge in [-0.25, -0.2) is 10.4 Å². The van der Waals surface area contributed by atoms with Gasteiger partial charge in [-0.05, 0) is 75.5 Å². The summed E-state index contributed by atoms with van der Waals surface area (Å²) in [4.78, 5) is 174. The lowest BCUT2D eigenvalue weighted by atomic mass is 10.0. The number of imidazole rings is 1. The molecule has 113 heavy (non-hydrogen) atoms. The first-order chi connectivity index (χ1) is 54.7. The molecular weight excluding hydrogens is 1440 g/mol. The van der Waals surface area contributed by atoms with Crippen LogP contribution in [0.5, 0.6) is 0 Å². The third kappa shape index (κ3) is 38.9. The number of carbonyl (C=O) groups excluding carboxylic acids is 12. The van der Waals surface area contributed by atoms with E-state index in [4.69, 9.17) is 10.5 Å². The molecule has 16 N–H and O–H groups in total. The standard InChI is InChI=1S/C83H133N17O13/c1-6-9-12-14-16-18-20-22-24-26-31-45-71(102)86-48-37-50-89-80(111)82-99-100(83(113-82)81(112)90-51-38-49-87-72(103)46-32-27-25-23-21-19-17-15-13-10-7-2)57-73(104)88-47-36-35-44-67(77(108)96-68(74(84)105)53-62-55-91-65-43-34-33-41-64(62)65)95-78(109)69(52-61-39-29-28-30-40-61)98-79(110)70(54-63-56-85-58-92-63)97-75(106)59(4)93-76(107)66(42-11-8-3)94-60(5)101/h28-30,33-34,39-41,43,55-56,58-59,66-70,82-83,91,99H,6-27,31-32,35-38,42,44-54,57H2,1-5H3,(H2,84,105)(H,85,92)(H,86,102)(H,87,103)(H,88,104)(H,89,111)(H,90,112)(H,93,107)(H,94,101)(H,95,109)(H,96,108)(H,97,106)(H,98,110)/t59-,66-,67-,68-,69+,70-,82?,83?/m0/s1.